The average Bonchev–Trinajstić information content (AvgIpc) is 2.36. The van der Waals surface area contributed by atoms with Crippen LogP contribution in [-0.4, -0.2) is 20.2 Å². The minimum Gasteiger partial charge on any atom is -0.269 e. The molecule has 1 heterocycles. The van der Waals surface area contributed by atoms with Gasteiger partial charge in [-0.1, -0.05) is 17.7 Å². The standard InChI is InChI=1S/C13H16N2O2S/c1-10-5-6-13-12(8-10)4-3-7-15(13)18(16,17)11(2)9-14/h5-6,8,11H,3-4,7H2,1-2H3. The lowest BCUT2D eigenvalue weighted by molar-refractivity contribution is 0.582. The van der Waals surface area contributed by atoms with Crippen LogP contribution in [0.4, 0.5) is 5.69 Å². The molecule has 1 aromatic rings. The second-order valence-electron chi connectivity index (χ2n) is 4.62. The fourth-order valence-electron chi connectivity index (χ4n) is 2.21. The molecule has 5 heteroatoms. The summed E-state index contributed by atoms with van der Waals surface area (Å²) in [5, 5.41) is 7.83. The fraction of sp³-hybridized carbons (Fsp3) is 0.462. The Kier molecular flexibility index (Phi) is 3.31. The third kappa shape index (κ3) is 2.08. The molecular formula is C13H16N2O2S. The lowest BCUT2D eigenvalue weighted by Gasteiger charge is -2.31. The van der Waals surface area contributed by atoms with Crippen LogP contribution in [0.3, 0.4) is 0 Å². The lowest BCUT2D eigenvalue weighted by Crippen LogP contribution is -2.40. The monoisotopic (exact) mass is 264 g/mol. The number of benzene rings is 1. The van der Waals surface area contributed by atoms with Crippen molar-refractivity contribution in [3.8, 4) is 6.07 Å². The molecule has 1 atom stereocenters. The van der Waals surface area contributed by atoms with E-state index in [2.05, 4.69) is 0 Å². The average molecular weight is 264 g/mol. The summed E-state index contributed by atoms with van der Waals surface area (Å²) in [4.78, 5) is 0. The first kappa shape index (κ1) is 12.9. The van der Waals surface area contributed by atoms with Crippen LogP contribution in [0.15, 0.2) is 18.2 Å². The number of sulfonamides is 1. The van der Waals surface area contributed by atoms with Gasteiger partial charge in [0.25, 0.3) is 10.0 Å². The Morgan fingerprint density at radius 2 is 2.17 bits per heavy atom. The van der Waals surface area contributed by atoms with E-state index in [0.717, 1.165) is 29.7 Å². The predicted molar refractivity (Wildman–Crippen MR) is 70.8 cm³/mol. The van der Waals surface area contributed by atoms with Crippen LogP contribution in [-0.2, 0) is 16.4 Å². The molecule has 0 saturated heterocycles. The fourth-order valence-corrected chi connectivity index (χ4v) is 3.56. The van der Waals surface area contributed by atoms with Crippen molar-refractivity contribution in [2.24, 2.45) is 0 Å². The zero-order valence-corrected chi connectivity index (χ0v) is 11.4. The van der Waals surface area contributed by atoms with Gasteiger partial charge >= 0.3 is 0 Å². The number of hydrogen-bond acceptors (Lipinski definition) is 3. The molecule has 96 valence electrons. The van der Waals surface area contributed by atoms with E-state index in [9.17, 15) is 8.42 Å². The van der Waals surface area contributed by atoms with Gasteiger partial charge in [0, 0.05) is 6.54 Å². The number of anilines is 1. The molecule has 18 heavy (non-hydrogen) atoms. The van der Waals surface area contributed by atoms with Gasteiger partial charge in [-0.25, -0.2) is 8.42 Å². The summed E-state index contributed by atoms with van der Waals surface area (Å²) in [5.41, 5.74) is 2.91. The molecule has 0 aliphatic carbocycles. The molecule has 0 spiro atoms. The highest BCUT2D eigenvalue weighted by molar-refractivity contribution is 7.93. The summed E-state index contributed by atoms with van der Waals surface area (Å²) < 4.78 is 25.9. The number of nitrogens with zero attached hydrogens (tertiary/aromatic N) is 2. The normalized spacial score (nSPS) is 16.8. The lowest BCUT2D eigenvalue weighted by atomic mass is 10.0. The Hall–Kier alpha value is -1.54. The molecule has 2 rings (SSSR count). The first-order valence-corrected chi connectivity index (χ1v) is 7.48. The van der Waals surface area contributed by atoms with Gasteiger partial charge in [0.1, 0.15) is 0 Å². The summed E-state index contributed by atoms with van der Waals surface area (Å²) in [6, 6.07) is 7.58. The van der Waals surface area contributed by atoms with E-state index < -0.39 is 15.3 Å². The third-order valence-corrected chi connectivity index (χ3v) is 5.24. The summed E-state index contributed by atoms with van der Waals surface area (Å²) in [7, 11) is -3.57. The number of aryl methyl sites for hydroxylation is 2. The smallest absolute Gasteiger partial charge is 0.251 e. The second kappa shape index (κ2) is 4.62. The summed E-state index contributed by atoms with van der Waals surface area (Å²) >= 11 is 0. The molecule has 0 radical (unpaired) electrons. The van der Waals surface area contributed by atoms with E-state index in [1.54, 1.807) is 0 Å². The molecule has 4 nitrogen and oxygen atoms in total. The van der Waals surface area contributed by atoms with Crippen LogP contribution in [0.5, 0.6) is 0 Å². The van der Waals surface area contributed by atoms with Crippen LogP contribution >= 0.6 is 0 Å². The molecule has 0 amide bonds. The van der Waals surface area contributed by atoms with Crippen LogP contribution < -0.4 is 4.31 Å². The minimum atomic E-state index is -3.57. The Balaban J connectivity index is 2.49. The molecule has 0 aromatic heterocycles. The number of fused-ring (bicyclic) bond motifs is 1. The summed E-state index contributed by atoms with van der Waals surface area (Å²) in [5.74, 6) is 0. The van der Waals surface area contributed by atoms with Gasteiger partial charge in [-0.15, -0.1) is 0 Å². The highest BCUT2D eigenvalue weighted by Crippen LogP contribution is 2.31. The highest BCUT2D eigenvalue weighted by atomic mass is 32.2. The van der Waals surface area contributed by atoms with Gasteiger partial charge in [-0.3, -0.25) is 4.31 Å². The van der Waals surface area contributed by atoms with Crippen molar-refractivity contribution in [2.45, 2.75) is 31.9 Å². The van der Waals surface area contributed by atoms with Crippen LogP contribution in [0.2, 0.25) is 0 Å². The first-order valence-electron chi connectivity index (χ1n) is 5.97. The van der Waals surface area contributed by atoms with E-state index in [-0.39, 0.29) is 0 Å². The number of hydrogen-bond donors (Lipinski definition) is 0. The van der Waals surface area contributed by atoms with Crippen molar-refractivity contribution in [1.82, 2.24) is 0 Å². The molecule has 1 aromatic carbocycles. The van der Waals surface area contributed by atoms with Crippen LogP contribution in [0, 0.1) is 18.3 Å². The largest absolute Gasteiger partial charge is 0.269 e. The van der Waals surface area contributed by atoms with Crippen LogP contribution in [0.1, 0.15) is 24.5 Å². The number of nitriles is 1. The number of rotatable bonds is 2. The summed E-state index contributed by atoms with van der Waals surface area (Å²) in [6.45, 7) is 3.88. The zero-order chi connectivity index (χ0) is 13.3. The van der Waals surface area contributed by atoms with Gasteiger partial charge in [-0.2, -0.15) is 5.26 Å². The van der Waals surface area contributed by atoms with Gasteiger partial charge in [0.2, 0.25) is 0 Å². The van der Waals surface area contributed by atoms with E-state index in [0.29, 0.717) is 6.54 Å². The molecule has 0 N–H and O–H groups in total. The topological polar surface area (TPSA) is 61.2 Å². The Morgan fingerprint density at radius 1 is 1.44 bits per heavy atom. The molecular weight excluding hydrogens is 248 g/mol. The van der Waals surface area contributed by atoms with E-state index in [4.69, 9.17) is 5.26 Å². The quantitative estimate of drug-likeness (QED) is 0.820. The summed E-state index contributed by atoms with van der Waals surface area (Å²) in [6.07, 6.45) is 1.69. The highest BCUT2D eigenvalue weighted by Gasteiger charge is 2.32. The van der Waals surface area contributed by atoms with Crippen molar-refractivity contribution in [3.63, 3.8) is 0 Å². The van der Waals surface area contributed by atoms with Gasteiger partial charge in [-0.05, 0) is 38.3 Å². The molecule has 0 bridgehead atoms. The molecule has 0 fully saturated rings. The van der Waals surface area contributed by atoms with E-state index in [1.165, 1.54) is 11.2 Å². The van der Waals surface area contributed by atoms with Crippen molar-refractivity contribution >= 4 is 15.7 Å². The predicted octanol–water partition coefficient (Wildman–Crippen LogP) is 1.99. The Bertz CT molecular complexity index is 602. The van der Waals surface area contributed by atoms with Gasteiger partial charge < -0.3 is 0 Å². The molecule has 0 saturated carbocycles. The molecule has 1 aliphatic rings. The Labute approximate surface area is 108 Å². The maximum absolute atomic E-state index is 12.3. The SMILES string of the molecule is Cc1ccc2c(c1)CCCN2S(=O)(=O)C(C)C#N. The minimum absolute atomic E-state index is 0.463. The Morgan fingerprint density at radius 3 is 2.83 bits per heavy atom. The van der Waals surface area contributed by atoms with Crippen molar-refractivity contribution in [2.75, 3.05) is 10.8 Å². The molecule has 1 aliphatic heterocycles. The molecule has 1 unspecified atom stereocenters. The van der Waals surface area contributed by atoms with Gasteiger partial charge in [0.15, 0.2) is 5.25 Å². The first-order chi connectivity index (χ1) is 8.46. The maximum Gasteiger partial charge on any atom is 0.251 e. The maximum atomic E-state index is 12.3. The van der Waals surface area contributed by atoms with Crippen LogP contribution in [0.25, 0.3) is 0 Å². The third-order valence-electron chi connectivity index (χ3n) is 3.25. The van der Waals surface area contributed by atoms with Crippen molar-refractivity contribution < 1.29 is 8.42 Å². The van der Waals surface area contributed by atoms with E-state index in [1.807, 2.05) is 31.2 Å². The van der Waals surface area contributed by atoms with E-state index >= 15 is 0 Å². The van der Waals surface area contributed by atoms with Crippen molar-refractivity contribution in [1.29, 1.82) is 5.26 Å². The zero-order valence-electron chi connectivity index (χ0n) is 10.5. The second-order valence-corrected chi connectivity index (χ2v) is 6.80. The van der Waals surface area contributed by atoms with Gasteiger partial charge in [0.05, 0.1) is 11.8 Å². The van der Waals surface area contributed by atoms with Crippen molar-refractivity contribution in [3.05, 3.63) is 29.3 Å².